The zero-order valence-electron chi connectivity index (χ0n) is 12.0. The van der Waals surface area contributed by atoms with Gasteiger partial charge in [0, 0.05) is 11.4 Å². The molecule has 3 N–H and O–H groups in total. The standard InChI is InChI=1S/C16H21N3O.HI/c17-16(19-13-7-2-1-3-8-13)18-11-14-10-12-6-4-5-9-15(12)20-14;/h4-6,9-10,13H,1-3,7-8,11H2,(H3,17,18,19);1H. The first-order chi connectivity index (χ1) is 9.81. The summed E-state index contributed by atoms with van der Waals surface area (Å²) in [5, 5.41) is 4.42. The van der Waals surface area contributed by atoms with Crippen LogP contribution in [0.3, 0.4) is 0 Å². The number of guanidine groups is 1. The fourth-order valence-electron chi connectivity index (χ4n) is 2.78. The van der Waals surface area contributed by atoms with E-state index in [0.29, 0.717) is 18.5 Å². The quantitative estimate of drug-likeness (QED) is 0.469. The van der Waals surface area contributed by atoms with Crippen molar-refractivity contribution in [2.24, 2.45) is 10.7 Å². The maximum Gasteiger partial charge on any atom is 0.189 e. The molecule has 0 unspecified atom stereocenters. The second kappa shape index (κ2) is 7.68. The van der Waals surface area contributed by atoms with E-state index >= 15 is 0 Å². The summed E-state index contributed by atoms with van der Waals surface area (Å²) in [6.07, 6.45) is 6.30. The Hall–Kier alpha value is -1.24. The number of nitrogens with two attached hydrogens (primary N) is 1. The highest BCUT2D eigenvalue weighted by Gasteiger charge is 2.13. The molecule has 0 saturated heterocycles. The molecule has 1 fully saturated rings. The van der Waals surface area contributed by atoms with Crippen LogP contribution in [-0.4, -0.2) is 12.0 Å². The van der Waals surface area contributed by atoms with Gasteiger partial charge < -0.3 is 15.5 Å². The van der Waals surface area contributed by atoms with Gasteiger partial charge in [-0.2, -0.15) is 0 Å². The molecule has 1 aliphatic carbocycles. The lowest BCUT2D eigenvalue weighted by atomic mass is 9.96. The van der Waals surface area contributed by atoms with Crippen molar-refractivity contribution >= 4 is 40.9 Å². The van der Waals surface area contributed by atoms with Crippen LogP contribution in [0.25, 0.3) is 11.0 Å². The maximum atomic E-state index is 5.94. The lowest BCUT2D eigenvalue weighted by Crippen LogP contribution is -2.41. The summed E-state index contributed by atoms with van der Waals surface area (Å²) in [6, 6.07) is 10.5. The van der Waals surface area contributed by atoms with Gasteiger partial charge in [-0.3, -0.25) is 0 Å². The van der Waals surface area contributed by atoms with Gasteiger partial charge in [-0.1, -0.05) is 37.5 Å². The fraction of sp³-hybridized carbons (Fsp3) is 0.438. The molecule has 2 aromatic rings. The third-order valence-electron chi connectivity index (χ3n) is 3.84. The highest BCUT2D eigenvalue weighted by Crippen LogP contribution is 2.19. The van der Waals surface area contributed by atoms with E-state index in [4.69, 9.17) is 10.2 Å². The summed E-state index contributed by atoms with van der Waals surface area (Å²) >= 11 is 0. The second-order valence-corrected chi connectivity index (χ2v) is 5.43. The topological polar surface area (TPSA) is 63.5 Å². The van der Waals surface area contributed by atoms with Gasteiger partial charge >= 0.3 is 0 Å². The Labute approximate surface area is 142 Å². The van der Waals surface area contributed by atoms with E-state index in [-0.39, 0.29) is 24.0 Å². The third-order valence-corrected chi connectivity index (χ3v) is 3.84. The van der Waals surface area contributed by atoms with Crippen molar-refractivity contribution in [1.29, 1.82) is 0 Å². The molecule has 1 aromatic carbocycles. The molecule has 1 heterocycles. The van der Waals surface area contributed by atoms with Gasteiger partial charge in [-0.05, 0) is 25.0 Å². The normalized spacial score (nSPS) is 16.7. The summed E-state index contributed by atoms with van der Waals surface area (Å²) in [7, 11) is 0. The van der Waals surface area contributed by atoms with Gasteiger partial charge in [0.25, 0.3) is 0 Å². The molecular weight excluding hydrogens is 377 g/mol. The molecule has 21 heavy (non-hydrogen) atoms. The molecule has 0 spiro atoms. The molecule has 114 valence electrons. The van der Waals surface area contributed by atoms with Crippen LogP contribution < -0.4 is 11.1 Å². The summed E-state index contributed by atoms with van der Waals surface area (Å²) in [5.74, 6) is 1.37. The van der Waals surface area contributed by atoms with Crippen LogP contribution in [0.4, 0.5) is 0 Å². The zero-order chi connectivity index (χ0) is 13.8. The molecule has 0 bridgehead atoms. The van der Waals surface area contributed by atoms with Crippen LogP contribution in [0.2, 0.25) is 0 Å². The van der Waals surface area contributed by atoms with Crippen molar-refractivity contribution in [3.8, 4) is 0 Å². The number of para-hydroxylation sites is 1. The second-order valence-electron chi connectivity index (χ2n) is 5.43. The summed E-state index contributed by atoms with van der Waals surface area (Å²) in [4.78, 5) is 4.37. The minimum absolute atomic E-state index is 0. The Morgan fingerprint density at radius 2 is 2.00 bits per heavy atom. The average Bonchev–Trinajstić information content (AvgIpc) is 2.89. The number of hydrogen-bond donors (Lipinski definition) is 2. The molecule has 1 saturated carbocycles. The lowest BCUT2D eigenvalue weighted by molar-refractivity contribution is 0.412. The van der Waals surface area contributed by atoms with Crippen LogP contribution in [-0.2, 0) is 6.54 Å². The number of rotatable bonds is 3. The van der Waals surface area contributed by atoms with E-state index in [0.717, 1.165) is 16.7 Å². The number of fused-ring (bicyclic) bond motifs is 1. The number of furan rings is 1. The predicted molar refractivity (Wildman–Crippen MR) is 97.0 cm³/mol. The Kier molecular flexibility index (Phi) is 5.90. The van der Waals surface area contributed by atoms with E-state index in [9.17, 15) is 0 Å². The van der Waals surface area contributed by atoms with E-state index in [2.05, 4.69) is 10.3 Å². The minimum atomic E-state index is 0. The van der Waals surface area contributed by atoms with Crippen LogP contribution in [0, 0.1) is 0 Å². The first-order valence-corrected chi connectivity index (χ1v) is 7.35. The monoisotopic (exact) mass is 399 g/mol. The molecule has 0 aliphatic heterocycles. The van der Waals surface area contributed by atoms with Crippen molar-refractivity contribution in [2.45, 2.75) is 44.7 Å². The van der Waals surface area contributed by atoms with E-state index in [1.54, 1.807) is 0 Å². The smallest absolute Gasteiger partial charge is 0.189 e. The number of benzene rings is 1. The van der Waals surface area contributed by atoms with E-state index in [1.807, 2.05) is 30.3 Å². The van der Waals surface area contributed by atoms with Crippen molar-refractivity contribution in [3.05, 3.63) is 36.1 Å². The van der Waals surface area contributed by atoms with E-state index < -0.39 is 0 Å². The van der Waals surface area contributed by atoms with Crippen LogP contribution in [0.15, 0.2) is 39.7 Å². The Morgan fingerprint density at radius 3 is 2.76 bits per heavy atom. The third kappa shape index (κ3) is 4.36. The number of aliphatic imine (C=N–C) groups is 1. The molecule has 4 nitrogen and oxygen atoms in total. The molecule has 0 atom stereocenters. The summed E-state index contributed by atoms with van der Waals surface area (Å²) < 4.78 is 5.72. The number of nitrogens with one attached hydrogen (secondary N) is 1. The number of nitrogens with zero attached hydrogens (tertiary/aromatic N) is 1. The van der Waals surface area contributed by atoms with Crippen LogP contribution in [0.1, 0.15) is 37.9 Å². The molecule has 1 aliphatic rings. The molecule has 5 heteroatoms. The van der Waals surface area contributed by atoms with Crippen LogP contribution in [0.5, 0.6) is 0 Å². The molecule has 1 aromatic heterocycles. The fourth-order valence-corrected chi connectivity index (χ4v) is 2.78. The summed E-state index contributed by atoms with van der Waals surface area (Å²) in [5.41, 5.74) is 6.84. The lowest BCUT2D eigenvalue weighted by Gasteiger charge is -2.23. The SMILES string of the molecule is I.NC(=NCc1cc2ccccc2o1)NC1CCCCC1. The van der Waals surface area contributed by atoms with Gasteiger partial charge in [-0.25, -0.2) is 4.99 Å². The maximum absolute atomic E-state index is 5.94. The van der Waals surface area contributed by atoms with Crippen molar-refractivity contribution < 1.29 is 4.42 Å². The van der Waals surface area contributed by atoms with Gasteiger partial charge in [0.05, 0.1) is 0 Å². The molecule has 3 rings (SSSR count). The zero-order valence-corrected chi connectivity index (χ0v) is 14.4. The van der Waals surface area contributed by atoms with Gasteiger partial charge in [0.2, 0.25) is 0 Å². The van der Waals surface area contributed by atoms with Crippen molar-refractivity contribution in [3.63, 3.8) is 0 Å². The van der Waals surface area contributed by atoms with Crippen molar-refractivity contribution in [2.75, 3.05) is 0 Å². The molecule has 0 radical (unpaired) electrons. The highest BCUT2D eigenvalue weighted by molar-refractivity contribution is 14.0. The number of halogens is 1. The Morgan fingerprint density at radius 1 is 1.24 bits per heavy atom. The molecular formula is C16H22IN3O. The van der Waals surface area contributed by atoms with Crippen LogP contribution >= 0.6 is 24.0 Å². The highest BCUT2D eigenvalue weighted by atomic mass is 127. The molecule has 0 amide bonds. The Balaban J connectivity index is 0.00000161. The summed E-state index contributed by atoms with van der Waals surface area (Å²) in [6.45, 7) is 0.486. The predicted octanol–water partition coefficient (Wildman–Crippen LogP) is 3.79. The Bertz CT molecular complexity index is 569. The minimum Gasteiger partial charge on any atom is -0.459 e. The van der Waals surface area contributed by atoms with Gasteiger partial charge in [0.1, 0.15) is 17.9 Å². The van der Waals surface area contributed by atoms with E-state index in [1.165, 1.54) is 32.1 Å². The van der Waals surface area contributed by atoms with Gasteiger partial charge in [-0.15, -0.1) is 24.0 Å². The first kappa shape index (κ1) is 16.1. The van der Waals surface area contributed by atoms with Crippen molar-refractivity contribution in [1.82, 2.24) is 5.32 Å². The average molecular weight is 399 g/mol. The number of hydrogen-bond acceptors (Lipinski definition) is 2. The van der Waals surface area contributed by atoms with Gasteiger partial charge in [0.15, 0.2) is 5.96 Å². The first-order valence-electron chi connectivity index (χ1n) is 7.35. The largest absolute Gasteiger partial charge is 0.459 e.